The molecule has 0 spiro atoms. The van der Waals surface area contributed by atoms with Crippen LogP contribution < -0.4 is 4.87 Å². The predicted octanol–water partition coefficient (Wildman–Crippen LogP) is 2.75. The zero-order valence-corrected chi connectivity index (χ0v) is 13.7. The molecule has 1 heterocycles. The summed E-state index contributed by atoms with van der Waals surface area (Å²) in [6, 6.07) is 8.51. The number of rotatable bonds is 4. The van der Waals surface area contributed by atoms with Gasteiger partial charge in [0.1, 0.15) is 0 Å². The van der Waals surface area contributed by atoms with Crippen molar-refractivity contribution in [2.24, 2.45) is 0 Å². The molecule has 22 heavy (non-hydrogen) atoms. The number of amides is 1. The quantitative estimate of drug-likeness (QED) is 0.870. The summed E-state index contributed by atoms with van der Waals surface area (Å²) in [5, 5.41) is 1.84. The van der Waals surface area contributed by atoms with Gasteiger partial charge in [0.15, 0.2) is 0 Å². The number of nitrogens with zero attached hydrogens (tertiary/aromatic N) is 2. The maximum atomic E-state index is 12.5. The lowest BCUT2D eigenvalue weighted by Gasteiger charge is -2.25. The highest BCUT2D eigenvalue weighted by Gasteiger charge is 2.28. The zero-order valence-electron chi connectivity index (χ0n) is 12.9. The Hall–Kier alpha value is -1.88. The van der Waals surface area contributed by atoms with Gasteiger partial charge >= 0.3 is 4.87 Å². The number of thiazole rings is 1. The Morgan fingerprint density at radius 2 is 2.18 bits per heavy atom. The molecule has 0 N–H and O–H groups in total. The van der Waals surface area contributed by atoms with E-state index in [4.69, 9.17) is 0 Å². The van der Waals surface area contributed by atoms with E-state index in [0.717, 1.165) is 18.5 Å². The van der Waals surface area contributed by atoms with Crippen LogP contribution in [0.4, 0.5) is 0 Å². The van der Waals surface area contributed by atoms with E-state index < -0.39 is 0 Å². The van der Waals surface area contributed by atoms with Gasteiger partial charge in [-0.1, -0.05) is 35.6 Å². The monoisotopic (exact) mass is 316 g/mol. The van der Waals surface area contributed by atoms with Crippen molar-refractivity contribution < 1.29 is 4.79 Å². The first-order valence-electron chi connectivity index (χ1n) is 7.56. The van der Waals surface area contributed by atoms with Gasteiger partial charge in [0.05, 0.1) is 6.04 Å². The van der Waals surface area contributed by atoms with Crippen molar-refractivity contribution >= 4 is 17.2 Å². The van der Waals surface area contributed by atoms with Crippen molar-refractivity contribution in [1.29, 1.82) is 0 Å². The lowest BCUT2D eigenvalue weighted by Crippen LogP contribution is -2.31. The lowest BCUT2D eigenvalue weighted by atomic mass is 10.1. The highest BCUT2D eigenvalue weighted by atomic mass is 32.1. The third kappa shape index (κ3) is 2.73. The molecule has 1 aromatic heterocycles. The molecule has 0 aliphatic heterocycles. The summed E-state index contributed by atoms with van der Waals surface area (Å²) in [7, 11) is 1.87. The first-order chi connectivity index (χ1) is 10.6. The van der Waals surface area contributed by atoms with Crippen LogP contribution in [0.1, 0.15) is 35.7 Å². The number of aryl methyl sites for hydroxylation is 2. The van der Waals surface area contributed by atoms with Crippen molar-refractivity contribution in [1.82, 2.24) is 9.47 Å². The van der Waals surface area contributed by atoms with Gasteiger partial charge in [0.2, 0.25) is 5.91 Å². The fraction of sp³-hybridized carbons (Fsp3) is 0.412. The van der Waals surface area contributed by atoms with Gasteiger partial charge < -0.3 is 9.47 Å². The summed E-state index contributed by atoms with van der Waals surface area (Å²) in [5.74, 6) is 0.0965. The van der Waals surface area contributed by atoms with Gasteiger partial charge in [-0.2, -0.15) is 0 Å². The Bertz CT molecular complexity index is 747. The van der Waals surface area contributed by atoms with Crippen LogP contribution in [0.2, 0.25) is 0 Å². The Labute approximate surface area is 134 Å². The molecule has 1 aromatic carbocycles. The zero-order chi connectivity index (χ0) is 15.7. The summed E-state index contributed by atoms with van der Waals surface area (Å²) < 4.78 is 1.68. The number of hydrogen-bond acceptors (Lipinski definition) is 3. The number of carbonyl (C=O) groups excluding carboxylic acids is 1. The fourth-order valence-corrected chi connectivity index (χ4v) is 3.93. The second-order valence-corrected chi connectivity index (χ2v) is 6.62. The highest BCUT2D eigenvalue weighted by Crippen LogP contribution is 2.34. The van der Waals surface area contributed by atoms with Crippen molar-refractivity contribution in [3.8, 4) is 0 Å². The molecule has 1 amide bonds. The minimum atomic E-state index is 0.0131. The summed E-state index contributed by atoms with van der Waals surface area (Å²) in [4.78, 5) is 26.0. The lowest BCUT2D eigenvalue weighted by molar-refractivity contribution is -0.132. The van der Waals surface area contributed by atoms with Crippen molar-refractivity contribution in [3.63, 3.8) is 0 Å². The molecule has 0 radical (unpaired) electrons. The second kappa shape index (κ2) is 6.08. The minimum absolute atomic E-state index is 0.0131. The van der Waals surface area contributed by atoms with Gasteiger partial charge in [0, 0.05) is 31.1 Å². The largest absolute Gasteiger partial charge is 0.339 e. The summed E-state index contributed by atoms with van der Waals surface area (Å²) in [6.45, 7) is 2.37. The van der Waals surface area contributed by atoms with Gasteiger partial charge in [0.25, 0.3) is 0 Å². The number of carbonyl (C=O) groups is 1. The summed E-state index contributed by atoms with van der Waals surface area (Å²) >= 11 is 1.19. The van der Waals surface area contributed by atoms with E-state index in [2.05, 4.69) is 18.2 Å². The molecule has 0 fully saturated rings. The minimum Gasteiger partial charge on any atom is -0.339 e. The van der Waals surface area contributed by atoms with Crippen LogP contribution in [0.25, 0.3) is 0 Å². The first kappa shape index (κ1) is 15.0. The molecule has 116 valence electrons. The summed E-state index contributed by atoms with van der Waals surface area (Å²) in [6.07, 6.45) is 2.38. The summed E-state index contributed by atoms with van der Waals surface area (Å²) in [5.41, 5.74) is 3.54. The molecule has 0 saturated carbocycles. The van der Waals surface area contributed by atoms with Crippen LogP contribution in [0.3, 0.4) is 0 Å². The van der Waals surface area contributed by atoms with Crippen LogP contribution in [0.5, 0.6) is 0 Å². The normalized spacial score (nSPS) is 16.5. The third-order valence-corrected chi connectivity index (χ3v) is 5.37. The maximum absolute atomic E-state index is 12.5. The first-order valence-corrected chi connectivity index (χ1v) is 8.44. The Balaban J connectivity index is 1.67. The average Bonchev–Trinajstić information content (AvgIpc) is 3.08. The van der Waals surface area contributed by atoms with Crippen molar-refractivity contribution in [2.75, 3.05) is 7.05 Å². The van der Waals surface area contributed by atoms with Gasteiger partial charge in [-0.15, -0.1) is 0 Å². The van der Waals surface area contributed by atoms with E-state index in [9.17, 15) is 9.59 Å². The van der Waals surface area contributed by atoms with Crippen LogP contribution in [-0.2, 0) is 17.8 Å². The van der Waals surface area contributed by atoms with E-state index in [0.29, 0.717) is 13.0 Å². The topological polar surface area (TPSA) is 42.3 Å². The van der Waals surface area contributed by atoms with E-state index in [1.54, 1.807) is 4.57 Å². The van der Waals surface area contributed by atoms with Crippen molar-refractivity contribution in [2.45, 2.75) is 38.8 Å². The Morgan fingerprint density at radius 3 is 2.91 bits per heavy atom. The number of hydrogen-bond donors (Lipinski definition) is 0. The molecule has 5 heteroatoms. The standard InChI is InChI=1S/C17H20N2O2S/c1-12-11-22-17(21)19(12)10-9-16(20)18(2)15-8-7-13-5-3-4-6-14(13)15/h3-6,11,15H,7-10H2,1-2H3. The second-order valence-electron chi connectivity index (χ2n) is 5.80. The number of aromatic nitrogens is 1. The van der Waals surface area contributed by atoms with E-state index in [1.165, 1.54) is 22.5 Å². The number of benzene rings is 1. The van der Waals surface area contributed by atoms with Crippen LogP contribution in [-0.4, -0.2) is 22.4 Å². The smallest absolute Gasteiger partial charge is 0.307 e. The maximum Gasteiger partial charge on any atom is 0.307 e. The van der Waals surface area contributed by atoms with Gasteiger partial charge in [-0.3, -0.25) is 9.59 Å². The average molecular weight is 316 g/mol. The van der Waals surface area contributed by atoms with E-state index in [-0.39, 0.29) is 16.8 Å². The Morgan fingerprint density at radius 1 is 1.41 bits per heavy atom. The molecule has 3 rings (SSSR count). The SMILES string of the molecule is Cc1csc(=O)n1CCC(=O)N(C)C1CCc2ccccc21. The molecule has 0 saturated heterocycles. The number of fused-ring (bicyclic) bond motifs is 1. The van der Waals surface area contributed by atoms with E-state index >= 15 is 0 Å². The molecule has 1 aliphatic carbocycles. The van der Waals surface area contributed by atoms with Gasteiger partial charge in [-0.05, 0) is 30.9 Å². The molecular formula is C17H20N2O2S. The van der Waals surface area contributed by atoms with Crippen LogP contribution in [0, 0.1) is 6.92 Å². The molecular weight excluding hydrogens is 296 g/mol. The molecule has 1 aliphatic rings. The highest BCUT2D eigenvalue weighted by molar-refractivity contribution is 7.07. The van der Waals surface area contributed by atoms with E-state index in [1.807, 2.05) is 30.3 Å². The molecule has 2 aromatic rings. The van der Waals surface area contributed by atoms with Gasteiger partial charge in [-0.25, -0.2) is 0 Å². The molecule has 1 atom stereocenters. The molecule has 4 nitrogen and oxygen atoms in total. The molecule has 1 unspecified atom stereocenters. The third-order valence-electron chi connectivity index (χ3n) is 4.49. The Kier molecular flexibility index (Phi) is 4.16. The van der Waals surface area contributed by atoms with Crippen molar-refractivity contribution in [3.05, 3.63) is 56.1 Å². The van der Waals surface area contributed by atoms with Crippen LogP contribution >= 0.6 is 11.3 Å². The van der Waals surface area contributed by atoms with Crippen LogP contribution in [0.15, 0.2) is 34.4 Å². The predicted molar refractivity (Wildman–Crippen MR) is 88.2 cm³/mol. The molecule has 0 bridgehead atoms. The fourth-order valence-electron chi connectivity index (χ4n) is 3.17.